The highest BCUT2D eigenvalue weighted by atomic mass is 16.6. The van der Waals surface area contributed by atoms with E-state index in [-0.39, 0.29) is 16.7 Å². The molecule has 0 fully saturated rings. The molecular weight excluding hydrogens is 292 g/mol. The van der Waals surface area contributed by atoms with Gasteiger partial charge in [0, 0.05) is 19.0 Å². The van der Waals surface area contributed by atoms with E-state index in [2.05, 4.69) is 5.32 Å². The minimum Gasteiger partial charge on any atom is -0.391 e. The summed E-state index contributed by atoms with van der Waals surface area (Å²) < 4.78 is 0. The molecule has 2 N–H and O–H groups in total. The van der Waals surface area contributed by atoms with E-state index in [1.54, 1.807) is 24.3 Å². The number of nitro groups is 1. The number of aliphatic hydroxyl groups excluding tert-OH is 1. The molecule has 2 aromatic rings. The third-order valence-corrected chi connectivity index (χ3v) is 4.09. The number of nitrogens with zero attached hydrogens (tertiary/aromatic N) is 1. The Labute approximate surface area is 134 Å². The van der Waals surface area contributed by atoms with Crippen LogP contribution in [0.3, 0.4) is 0 Å². The van der Waals surface area contributed by atoms with Crippen molar-refractivity contribution >= 4 is 11.8 Å². The van der Waals surface area contributed by atoms with Crippen LogP contribution in [0.15, 0.2) is 54.6 Å². The van der Waals surface area contributed by atoms with E-state index in [1.807, 2.05) is 30.3 Å². The fraction of sp³-hybridized carbons (Fsp3) is 0.222. The summed E-state index contributed by atoms with van der Waals surface area (Å²) in [6.45, 7) is 0.530. The molecule has 1 aliphatic carbocycles. The van der Waals surface area contributed by atoms with Gasteiger partial charge in [-0.1, -0.05) is 48.6 Å². The number of rotatable bonds is 5. The third-order valence-electron chi connectivity index (χ3n) is 4.09. The molecule has 5 heteroatoms. The van der Waals surface area contributed by atoms with E-state index >= 15 is 0 Å². The molecule has 2 atom stereocenters. The van der Waals surface area contributed by atoms with Crippen molar-refractivity contribution in [2.24, 2.45) is 0 Å². The maximum absolute atomic E-state index is 11.0. The van der Waals surface area contributed by atoms with Crippen LogP contribution in [-0.4, -0.2) is 22.7 Å². The Morgan fingerprint density at radius 2 is 1.96 bits per heavy atom. The molecule has 0 saturated carbocycles. The van der Waals surface area contributed by atoms with Crippen molar-refractivity contribution in [2.45, 2.75) is 18.6 Å². The highest BCUT2D eigenvalue weighted by Gasteiger charge is 2.29. The average Bonchev–Trinajstić information content (AvgIpc) is 2.87. The lowest BCUT2D eigenvalue weighted by Gasteiger charge is -2.16. The quantitative estimate of drug-likeness (QED) is 0.658. The van der Waals surface area contributed by atoms with Crippen molar-refractivity contribution < 1.29 is 10.0 Å². The number of aliphatic hydroxyl groups is 1. The fourth-order valence-corrected chi connectivity index (χ4v) is 3.00. The van der Waals surface area contributed by atoms with Crippen LogP contribution in [0, 0.1) is 10.1 Å². The van der Waals surface area contributed by atoms with Gasteiger partial charge in [0.15, 0.2) is 0 Å². The van der Waals surface area contributed by atoms with Crippen LogP contribution in [-0.2, 0) is 6.42 Å². The number of para-hydroxylation sites is 1. The molecule has 2 aromatic carbocycles. The van der Waals surface area contributed by atoms with Crippen molar-refractivity contribution in [1.82, 2.24) is 5.32 Å². The van der Waals surface area contributed by atoms with Crippen molar-refractivity contribution in [2.75, 3.05) is 6.54 Å². The molecule has 0 saturated heterocycles. The second-order valence-corrected chi connectivity index (χ2v) is 5.57. The molecule has 0 heterocycles. The van der Waals surface area contributed by atoms with Gasteiger partial charge in [0.1, 0.15) is 0 Å². The predicted octanol–water partition coefficient (Wildman–Crippen LogP) is 2.86. The van der Waals surface area contributed by atoms with E-state index < -0.39 is 6.10 Å². The van der Waals surface area contributed by atoms with Crippen LogP contribution >= 0.6 is 0 Å². The molecular formula is C18H18N2O3. The zero-order valence-electron chi connectivity index (χ0n) is 12.6. The highest BCUT2D eigenvalue weighted by molar-refractivity contribution is 5.60. The van der Waals surface area contributed by atoms with Crippen LogP contribution in [0.25, 0.3) is 6.08 Å². The first kappa shape index (κ1) is 15.4. The Morgan fingerprint density at radius 1 is 1.22 bits per heavy atom. The molecule has 1 aliphatic rings. The summed E-state index contributed by atoms with van der Waals surface area (Å²) >= 11 is 0. The largest absolute Gasteiger partial charge is 0.391 e. The van der Waals surface area contributed by atoms with Crippen molar-refractivity contribution in [1.29, 1.82) is 0 Å². The Hall–Kier alpha value is -2.50. The lowest BCUT2D eigenvalue weighted by molar-refractivity contribution is -0.385. The van der Waals surface area contributed by atoms with Gasteiger partial charge in [-0.2, -0.15) is 0 Å². The third kappa shape index (κ3) is 3.31. The normalized spacial score (nSPS) is 19.9. The van der Waals surface area contributed by atoms with Crippen molar-refractivity contribution in [3.05, 3.63) is 81.4 Å². The highest BCUT2D eigenvalue weighted by Crippen LogP contribution is 2.31. The monoisotopic (exact) mass is 310 g/mol. The zero-order chi connectivity index (χ0) is 16.2. The molecule has 0 spiro atoms. The molecule has 3 rings (SSSR count). The van der Waals surface area contributed by atoms with Gasteiger partial charge in [-0.05, 0) is 17.2 Å². The molecule has 0 bridgehead atoms. The second kappa shape index (κ2) is 6.73. The van der Waals surface area contributed by atoms with Crippen LogP contribution in [0.1, 0.15) is 22.7 Å². The van der Waals surface area contributed by atoms with Crippen LogP contribution in [0.2, 0.25) is 0 Å². The summed E-state index contributed by atoms with van der Waals surface area (Å²) in [4.78, 5) is 10.6. The van der Waals surface area contributed by atoms with Crippen molar-refractivity contribution in [3.63, 3.8) is 0 Å². The SMILES string of the molecule is O=[N+]([O-])c1ccccc1/C=C/CN[C@H]1c2ccccc2C[C@H]1O. The molecule has 0 radical (unpaired) electrons. The molecule has 0 amide bonds. The molecule has 118 valence electrons. The van der Waals surface area contributed by atoms with Crippen LogP contribution in [0.4, 0.5) is 5.69 Å². The number of benzene rings is 2. The first-order valence-corrected chi connectivity index (χ1v) is 7.56. The van der Waals surface area contributed by atoms with E-state index in [1.165, 1.54) is 11.6 Å². The summed E-state index contributed by atoms with van der Waals surface area (Å²) in [6.07, 6.45) is 3.79. The second-order valence-electron chi connectivity index (χ2n) is 5.57. The van der Waals surface area contributed by atoms with Gasteiger partial charge in [0.25, 0.3) is 5.69 Å². The van der Waals surface area contributed by atoms with Gasteiger partial charge in [0.05, 0.1) is 22.6 Å². The minimum absolute atomic E-state index is 0.0926. The lowest BCUT2D eigenvalue weighted by Crippen LogP contribution is -2.28. The summed E-state index contributed by atoms with van der Waals surface area (Å²) in [6, 6.07) is 14.5. The maximum Gasteiger partial charge on any atom is 0.276 e. The fourth-order valence-electron chi connectivity index (χ4n) is 3.00. The summed E-state index contributed by atoms with van der Waals surface area (Å²) in [7, 11) is 0. The predicted molar refractivity (Wildman–Crippen MR) is 89.0 cm³/mol. The number of nitro benzene ring substituents is 1. The topological polar surface area (TPSA) is 75.4 Å². The number of hydrogen-bond donors (Lipinski definition) is 2. The van der Waals surface area contributed by atoms with Gasteiger partial charge in [0.2, 0.25) is 0 Å². The Kier molecular flexibility index (Phi) is 4.50. The number of nitrogens with one attached hydrogen (secondary N) is 1. The Morgan fingerprint density at radius 3 is 2.78 bits per heavy atom. The van der Waals surface area contributed by atoms with Crippen LogP contribution < -0.4 is 5.32 Å². The zero-order valence-corrected chi connectivity index (χ0v) is 12.6. The first-order valence-electron chi connectivity index (χ1n) is 7.56. The standard InChI is InChI=1S/C18H18N2O3/c21-17-12-14-7-1-3-9-15(14)18(17)19-11-5-8-13-6-2-4-10-16(13)20(22)23/h1-10,17-19,21H,11-12H2/b8-5+/t17-,18+/m1/s1. The summed E-state index contributed by atoms with van der Waals surface area (Å²) in [5.41, 5.74) is 2.96. The van der Waals surface area contributed by atoms with Gasteiger partial charge in [-0.25, -0.2) is 0 Å². The van der Waals surface area contributed by atoms with E-state index in [4.69, 9.17) is 0 Å². The number of fused-ring (bicyclic) bond motifs is 1. The summed E-state index contributed by atoms with van der Waals surface area (Å²) in [5, 5.41) is 24.4. The van der Waals surface area contributed by atoms with E-state index in [0.717, 1.165) is 5.56 Å². The molecule has 0 aliphatic heterocycles. The van der Waals surface area contributed by atoms with Gasteiger partial charge >= 0.3 is 0 Å². The van der Waals surface area contributed by atoms with Gasteiger partial charge < -0.3 is 10.4 Å². The Balaban J connectivity index is 1.65. The molecule has 0 unspecified atom stereocenters. The first-order chi connectivity index (χ1) is 11.2. The van der Waals surface area contributed by atoms with Crippen molar-refractivity contribution in [3.8, 4) is 0 Å². The lowest BCUT2D eigenvalue weighted by atomic mass is 10.1. The average molecular weight is 310 g/mol. The number of hydrogen-bond acceptors (Lipinski definition) is 4. The Bertz CT molecular complexity index is 743. The minimum atomic E-state index is -0.438. The molecule has 5 nitrogen and oxygen atoms in total. The molecule has 23 heavy (non-hydrogen) atoms. The summed E-state index contributed by atoms with van der Waals surface area (Å²) in [5.74, 6) is 0. The molecule has 0 aromatic heterocycles. The smallest absolute Gasteiger partial charge is 0.276 e. The van der Waals surface area contributed by atoms with Crippen LogP contribution in [0.5, 0.6) is 0 Å². The van der Waals surface area contributed by atoms with Gasteiger partial charge in [-0.3, -0.25) is 10.1 Å². The van der Waals surface area contributed by atoms with Gasteiger partial charge in [-0.15, -0.1) is 0 Å². The van der Waals surface area contributed by atoms with E-state index in [9.17, 15) is 15.2 Å². The maximum atomic E-state index is 11.0. The van der Waals surface area contributed by atoms with E-state index in [0.29, 0.717) is 18.5 Å².